The fourth-order valence-electron chi connectivity index (χ4n) is 2.62. The van der Waals surface area contributed by atoms with E-state index in [-0.39, 0.29) is 29.1 Å². The molecule has 0 atom stereocenters. The number of carbonyl (C=O) groups excluding carboxylic acids is 1. The summed E-state index contributed by atoms with van der Waals surface area (Å²) in [4.78, 5) is 24.3. The van der Waals surface area contributed by atoms with Crippen LogP contribution in [-0.2, 0) is 15.7 Å². The molecule has 1 heterocycles. The van der Waals surface area contributed by atoms with Gasteiger partial charge in [-0.2, -0.15) is 13.2 Å². The van der Waals surface area contributed by atoms with Gasteiger partial charge in [0.15, 0.2) is 6.61 Å². The van der Waals surface area contributed by atoms with Crippen LogP contribution in [0.4, 0.5) is 13.2 Å². The van der Waals surface area contributed by atoms with Gasteiger partial charge in [-0.1, -0.05) is 12.7 Å². The van der Waals surface area contributed by atoms with Crippen LogP contribution in [-0.4, -0.2) is 26.3 Å². The average Bonchev–Trinajstić information content (AvgIpc) is 2.77. The number of hydrogen-bond donors (Lipinski definition) is 0. The standard InChI is InChI=1S/C22H17F3O7/c1-3-10-29-18(26)12-30-15-8-9-16-17(11-15)32-21(22(23,24)25)20(19(16)27)31-14-6-4-13(28-2)5-7-14/h3-9,11H,1,10,12H2,2H3. The topological polar surface area (TPSA) is 84.2 Å². The van der Waals surface area contributed by atoms with Crippen LogP contribution in [0.25, 0.3) is 11.0 Å². The molecular formula is C22H17F3O7. The lowest BCUT2D eigenvalue weighted by Gasteiger charge is -2.14. The van der Waals surface area contributed by atoms with Gasteiger partial charge in [0.25, 0.3) is 5.76 Å². The molecular weight excluding hydrogens is 433 g/mol. The van der Waals surface area contributed by atoms with E-state index in [0.717, 1.165) is 6.07 Å². The quantitative estimate of drug-likeness (QED) is 0.363. The summed E-state index contributed by atoms with van der Waals surface area (Å²) < 4.78 is 66.0. The molecule has 3 rings (SSSR count). The third kappa shape index (κ3) is 5.20. The number of carbonyl (C=O) groups is 1. The number of methoxy groups -OCH3 is 1. The van der Waals surface area contributed by atoms with Crippen molar-refractivity contribution >= 4 is 16.9 Å². The third-order valence-electron chi connectivity index (χ3n) is 4.08. The van der Waals surface area contributed by atoms with Crippen molar-refractivity contribution in [2.75, 3.05) is 20.3 Å². The Morgan fingerprint density at radius 1 is 1.09 bits per heavy atom. The van der Waals surface area contributed by atoms with E-state index in [1.807, 2.05) is 0 Å². The van der Waals surface area contributed by atoms with Crippen LogP contribution in [0.5, 0.6) is 23.0 Å². The molecule has 2 aromatic carbocycles. The van der Waals surface area contributed by atoms with Crippen molar-refractivity contribution < 1.29 is 41.3 Å². The molecule has 0 saturated carbocycles. The van der Waals surface area contributed by atoms with E-state index < -0.39 is 35.7 Å². The highest BCUT2D eigenvalue weighted by Crippen LogP contribution is 2.38. The van der Waals surface area contributed by atoms with Gasteiger partial charge in [-0.15, -0.1) is 0 Å². The average molecular weight is 450 g/mol. The van der Waals surface area contributed by atoms with Gasteiger partial charge in [0.05, 0.1) is 12.5 Å². The van der Waals surface area contributed by atoms with Gasteiger partial charge < -0.3 is 23.4 Å². The van der Waals surface area contributed by atoms with E-state index >= 15 is 0 Å². The van der Waals surface area contributed by atoms with Gasteiger partial charge in [-0.05, 0) is 36.4 Å². The van der Waals surface area contributed by atoms with Crippen molar-refractivity contribution in [3.8, 4) is 23.0 Å². The summed E-state index contributed by atoms with van der Waals surface area (Å²) in [6.45, 7) is 2.89. The van der Waals surface area contributed by atoms with E-state index in [4.69, 9.17) is 23.4 Å². The van der Waals surface area contributed by atoms with Crippen LogP contribution in [0.15, 0.2) is 64.3 Å². The van der Waals surface area contributed by atoms with Crippen LogP contribution >= 0.6 is 0 Å². The first-order valence-electron chi connectivity index (χ1n) is 9.12. The molecule has 0 bridgehead atoms. The summed E-state index contributed by atoms with van der Waals surface area (Å²) in [5.41, 5.74) is -1.41. The molecule has 0 amide bonds. The first-order valence-corrected chi connectivity index (χ1v) is 9.12. The Labute approximate surface area is 179 Å². The van der Waals surface area contributed by atoms with E-state index in [1.54, 1.807) is 0 Å². The molecule has 0 unspecified atom stereocenters. The predicted molar refractivity (Wildman–Crippen MR) is 107 cm³/mol. The van der Waals surface area contributed by atoms with Gasteiger partial charge >= 0.3 is 12.1 Å². The minimum absolute atomic E-state index is 0.00755. The van der Waals surface area contributed by atoms with Crippen LogP contribution in [0, 0.1) is 0 Å². The molecule has 0 aliphatic carbocycles. The van der Waals surface area contributed by atoms with E-state index in [2.05, 4.69) is 6.58 Å². The molecule has 0 spiro atoms. The summed E-state index contributed by atoms with van der Waals surface area (Å²) in [5, 5.41) is -0.164. The maximum Gasteiger partial charge on any atom is 0.453 e. The lowest BCUT2D eigenvalue weighted by atomic mass is 10.2. The van der Waals surface area contributed by atoms with E-state index in [1.165, 1.54) is 49.6 Å². The molecule has 1 aromatic heterocycles. The Balaban J connectivity index is 1.97. The Kier molecular flexibility index (Phi) is 6.72. The molecule has 32 heavy (non-hydrogen) atoms. The van der Waals surface area contributed by atoms with Gasteiger partial charge in [-0.3, -0.25) is 4.79 Å². The third-order valence-corrected chi connectivity index (χ3v) is 4.08. The number of rotatable bonds is 8. The fourth-order valence-corrected chi connectivity index (χ4v) is 2.62. The lowest BCUT2D eigenvalue weighted by molar-refractivity contribution is -0.154. The van der Waals surface area contributed by atoms with Crippen LogP contribution < -0.4 is 19.6 Å². The van der Waals surface area contributed by atoms with Crippen molar-refractivity contribution in [2.45, 2.75) is 6.18 Å². The Hall–Kier alpha value is -3.95. The number of benzene rings is 2. The molecule has 3 aromatic rings. The van der Waals surface area contributed by atoms with Crippen LogP contribution in [0.3, 0.4) is 0 Å². The van der Waals surface area contributed by atoms with Gasteiger partial charge in [0.1, 0.15) is 29.4 Å². The second-order valence-corrected chi connectivity index (χ2v) is 6.28. The van der Waals surface area contributed by atoms with Gasteiger partial charge in [0.2, 0.25) is 11.2 Å². The van der Waals surface area contributed by atoms with Gasteiger partial charge in [0, 0.05) is 6.07 Å². The van der Waals surface area contributed by atoms with Gasteiger partial charge in [-0.25, -0.2) is 4.79 Å². The molecule has 0 N–H and O–H groups in total. The monoisotopic (exact) mass is 450 g/mol. The van der Waals surface area contributed by atoms with E-state index in [0.29, 0.717) is 5.75 Å². The summed E-state index contributed by atoms with van der Waals surface area (Å²) in [5.74, 6) is -2.86. The number of fused-ring (bicyclic) bond motifs is 1. The van der Waals surface area contributed by atoms with Crippen molar-refractivity contribution in [2.24, 2.45) is 0 Å². The molecule has 0 saturated heterocycles. The van der Waals surface area contributed by atoms with Crippen molar-refractivity contribution in [1.29, 1.82) is 0 Å². The molecule has 0 aliphatic rings. The van der Waals surface area contributed by atoms with Crippen molar-refractivity contribution in [3.05, 3.63) is 71.1 Å². The zero-order valence-corrected chi connectivity index (χ0v) is 16.7. The predicted octanol–water partition coefficient (Wildman–Crippen LogP) is 4.72. The van der Waals surface area contributed by atoms with Crippen LogP contribution in [0.2, 0.25) is 0 Å². The maximum atomic E-state index is 13.6. The number of halogens is 3. The minimum atomic E-state index is -5.01. The van der Waals surface area contributed by atoms with E-state index in [9.17, 15) is 22.8 Å². The first-order chi connectivity index (χ1) is 15.2. The minimum Gasteiger partial charge on any atom is -0.497 e. The Morgan fingerprint density at radius 2 is 1.75 bits per heavy atom. The zero-order chi connectivity index (χ0) is 23.3. The maximum absolute atomic E-state index is 13.6. The molecule has 10 heteroatoms. The second-order valence-electron chi connectivity index (χ2n) is 6.28. The zero-order valence-electron chi connectivity index (χ0n) is 16.7. The number of ether oxygens (including phenoxy) is 4. The summed E-state index contributed by atoms with van der Waals surface area (Å²) in [6.07, 6.45) is -3.65. The molecule has 0 fully saturated rings. The molecule has 0 aliphatic heterocycles. The fraction of sp³-hybridized carbons (Fsp3) is 0.182. The number of hydrogen-bond acceptors (Lipinski definition) is 7. The van der Waals surface area contributed by atoms with Crippen molar-refractivity contribution in [3.63, 3.8) is 0 Å². The smallest absolute Gasteiger partial charge is 0.453 e. The first kappa shape index (κ1) is 22.7. The normalized spacial score (nSPS) is 11.1. The van der Waals surface area contributed by atoms with Crippen molar-refractivity contribution in [1.82, 2.24) is 0 Å². The highest BCUT2D eigenvalue weighted by atomic mass is 19.4. The van der Waals surface area contributed by atoms with Crippen LogP contribution in [0.1, 0.15) is 5.76 Å². The lowest BCUT2D eigenvalue weighted by Crippen LogP contribution is -2.16. The highest BCUT2D eigenvalue weighted by Gasteiger charge is 2.40. The number of esters is 1. The SMILES string of the molecule is C=CCOC(=O)COc1ccc2c(=O)c(Oc3ccc(OC)cc3)c(C(F)(F)F)oc2c1. The summed E-state index contributed by atoms with van der Waals surface area (Å²) in [6, 6.07) is 9.24. The Bertz CT molecular complexity index is 1180. The Morgan fingerprint density at radius 3 is 2.38 bits per heavy atom. The molecule has 0 radical (unpaired) electrons. The molecule has 168 valence electrons. The summed E-state index contributed by atoms with van der Waals surface area (Å²) >= 11 is 0. The largest absolute Gasteiger partial charge is 0.497 e. The second kappa shape index (κ2) is 9.46. The summed E-state index contributed by atoms with van der Waals surface area (Å²) in [7, 11) is 1.43. The molecule has 7 nitrogen and oxygen atoms in total. The number of alkyl halides is 3. The highest BCUT2D eigenvalue weighted by molar-refractivity contribution is 5.80.